The minimum absolute atomic E-state index is 0.0323. The number of rotatable bonds is 4. The molecule has 0 saturated heterocycles. The van der Waals surface area contributed by atoms with Crippen molar-refractivity contribution in [3.63, 3.8) is 0 Å². The molecule has 0 aliphatic heterocycles. The molecule has 4 N–H and O–H groups in total. The zero-order valence-corrected chi connectivity index (χ0v) is 9.86. The Kier molecular flexibility index (Phi) is 3.79. The first kappa shape index (κ1) is 12.4. The highest BCUT2D eigenvalue weighted by Gasteiger charge is 2.03. The van der Waals surface area contributed by atoms with Gasteiger partial charge in [-0.15, -0.1) is 0 Å². The molecule has 18 heavy (non-hydrogen) atoms. The summed E-state index contributed by atoms with van der Waals surface area (Å²) in [7, 11) is 0. The monoisotopic (exact) mass is 246 g/mol. The summed E-state index contributed by atoms with van der Waals surface area (Å²) in [5.41, 5.74) is 8.24. The molecule has 94 valence electrons. The summed E-state index contributed by atoms with van der Waals surface area (Å²) in [6, 6.07) is 12.2. The first-order valence-corrected chi connectivity index (χ1v) is 5.67. The van der Waals surface area contributed by atoms with Crippen LogP contribution in [0.2, 0.25) is 0 Å². The summed E-state index contributed by atoms with van der Waals surface area (Å²) < 4.78 is 13.2. The SMILES string of the molecule is Nc1c(F)cccc1NCc1ccc(CO)cc1. The molecule has 2 rings (SSSR count). The van der Waals surface area contributed by atoms with Gasteiger partial charge >= 0.3 is 0 Å². The molecule has 4 heteroatoms. The van der Waals surface area contributed by atoms with Gasteiger partial charge in [0.2, 0.25) is 0 Å². The van der Waals surface area contributed by atoms with Crippen LogP contribution in [0.25, 0.3) is 0 Å². The fourth-order valence-corrected chi connectivity index (χ4v) is 1.65. The maximum absolute atomic E-state index is 13.2. The highest BCUT2D eigenvalue weighted by atomic mass is 19.1. The van der Waals surface area contributed by atoms with E-state index < -0.39 is 5.82 Å². The van der Waals surface area contributed by atoms with E-state index in [1.807, 2.05) is 24.3 Å². The molecular formula is C14H15FN2O. The molecule has 3 nitrogen and oxygen atoms in total. The van der Waals surface area contributed by atoms with Crippen molar-refractivity contribution in [2.45, 2.75) is 13.2 Å². The molecule has 0 aliphatic carbocycles. The highest BCUT2D eigenvalue weighted by Crippen LogP contribution is 2.21. The van der Waals surface area contributed by atoms with Crippen molar-refractivity contribution in [2.75, 3.05) is 11.1 Å². The van der Waals surface area contributed by atoms with Crippen LogP contribution in [0.15, 0.2) is 42.5 Å². The van der Waals surface area contributed by atoms with Gasteiger partial charge in [0.05, 0.1) is 18.0 Å². The van der Waals surface area contributed by atoms with Gasteiger partial charge in [0.25, 0.3) is 0 Å². The molecular weight excluding hydrogens is 231 g/mol. The van der Waals surface area contributed by atoms with Crippen molar-refractivity contribution in [2.24, 2.45) is 0 Å². The van der Waals surface area contributed by atoms with Crippen LogP contribution in [-0.4, -0.2) is 5.11 Å². The summed E-state index contributed by atoms with van der Waals surface area (Å²) in [5.74, 6) is -0.421. The average molecular weight is 246 g/mol. The molecule has 0 unspecified atom stereocenters. The lowest BCUT2D eigenvalue weighted by atomic mass is 10.1. The van der Waals surface area contributed by atoms with Gasteiger partial charge < -0.3 is 16.2 Å². The van der Waals surface area contributed by atoms with Crippen molar-refractivity contribution in [3.05, 3.63) is 59.4 Å². The van der Waals surface area contributed by atoms with Crippen LogP contribution >= 0.6 is 0 Å². The van der Waals surface area contributed by atoms with Gasteiger partial charge in [-0.2, -0.15) is 0 Å². The molecule has 0 heterocycles. The Hall–Kier alpha value is -2.07. The molecule has 2 aromatic rings. The van der Waals surface area contributed by atoms with Crippen LogP contribution in [0.1, 0.15) is 11.1 Å². The lowest BCUT2D eigenvalue weighted by Gasteiger charge is -2.10. The van der Waals surface area contributed by atoms with Gasteiger partial charge in [-0.3, -0.25) is 0 Å². The van der Waals surface area contributed by atoms with E-state index in [0.29, 0.717) is 12.2 Å². The number of para-hydroxylation sites is 1. The number of nitrogens with two attached hydrogens (primary N) is 1. The molecule has 0 saturated carbocycles. The van der Waals surface area contributed by atoms with Crippen molar-refractivity contribution < 1.29 is 9.50 Å². The third-order valence-corrected chi connectivity index (χ3v) is 2.74. The largest absolute Gasteiger partial charge is 0.395 e. The van der Waals surface area contributed by atoms with Crippen LogP contribution in [0, 0.1) is 5.82 Å². The van der Waals surface area contributed by atoms with Crippen LogP contribution in [0.4, 0.5) is 15.8 Å². The Bertz CT molecular complexity index is 526. The van der Waals surface area contributed by atoms with E-state index in [9.17, 15) is 4.39 Å². The highest BCUT2D eigenvalue weighted by molar-refractivity contribution is 5.66. The Morgan fingerprint density at radius 2 is 1.72 bits per heavy atom. The number of anilines is 2. The smallest absolute Gasteiger partial charge is 0.148 e. The third-order valence-electron chi connectivity index (χ3n) is 2.74. The Labute approximate surface area is 105 Å². The zero-order chi connectivity index (χ0) is 13.0. The van der Waals surface area contributed by atoms with Gasteiger partial charge in [-0.1, -0.05) is 30.3 Å². The summed E-state index contributed by atoms with van der Waals surface area (Å²) in [6.07, 6.45) is 0. The van der Waals surface area contributed by atoms with E-state index in [1.54, 1.807) is 12.1 Å². The van der Waals surface area contributed by atoms with Gasteiger partial charge in [-0.25, -0.2) is 4.39 Å². The number of nitrogen functional groups attached to an aromatic ring is 1. The van der Waals surface area contributed by atoms with E-state index in [-0.39, 0.29) is 12.3 Å². The van der Waals surface area contributed by atoms with Gasteiger partial charge in [0.15, 0.2) is 0 Å². The van der Waals surface area contributed by atoms with E-state index in [4.69, 9.17) is 10.8 Å². The fourth-order valence-electron chi connectivity index (χ4n) is 1.65. The standard InChI is InChI=1S/C14H15FN2O/c15-12-2-1-3-13(14(12)16)17-8-10-4-6-11(9-18)7-5-10/h1-7,17-18H,8-9,16H2. The number of aliphatic hydroxyl groups excluding tert-OH is 1. The van der Waals surface area contributed by atoms with Gasteiger partial charge in [0, 0.05) is 6.54 Å². The summed E-state index contributed by atoms with van der Waals surface area (Å²) in [4.78, 5) is 0. The molecule has 0 spiro atoms. The number of benzene rings is 2. The van der Waals surface area contributed by atoms with Crippen molar-refractivity contribution in [1.82, 2.24) is 0 Å². The maximum Gasteiger partial charge on any atom is 0.148 e. The first-order valence-electron chi connectivity index (χ1n) is 5.67. The van der Waals surface area contributed by atoms with Crippen LogP contribution < -0.4 is 11.1 Å². The number of halogens is 1. The number of aliphatic hydroxyl groups is 1. The predicted octanol–water partition coefficient (Wildman–Crippen LogP) is 2.51. The molecule has 0 radical (unpaired) electrons. The van der Waals surface area contributed by atoms with E-state index in [0.717, 1.165) is 11.1 Å². The summed E-state index contributed by atoms with van der Waals surface area (Å²) in [5, 5.41) is 12.0. The Morgan fingerprint density at radius 3 is 2.39 bits per heavy atom. The van der Waals surface area contributed by atoms with Crippen LogP contribution in [0.3, 0.4) is 0 Å². The summed E-state index contributed by atoms with van der Waals surface area (Å²) in [6.45, 7) is 0.587. The van der Waals surface area contributed by atoms with Crippen molar-refractivity contribution >= 4 is 11.4 Å². The molecule has 0 atom stereocenters. The normalized spacial score (nSPS) is 10.3. The van der Waals surface area contributed by atoms with Crippen molar-refractivity contribution in [3.8, 4) is 0 Å². The Morgan fingerprint density at radius 1 is 1.06 bits per heavy atom. The molecule has 0 fully saturated rings. The molecule has 2 aromatic carbocycles. The lowest BCUT2D eigenvalue weighted by Crippen LogP contribution is -2.03. The molecule has 0 bridgehead atoms. The summed E-state index contributed by atoms with van der Waals surface area (Å²) >= 11 is 0. The Balaban J connectivity index is 2.04. The molecule has 0 aliphatic rings. The maximum atomic E-state index is 13.2. The van der Waals surface area contributed by atoms with E-state index >= 15 is 0 Å². The topological polar surface area (TPSA) is 58.3 Å². The second-order valence-corrected chi connectivity index (χ2v) is 4.03. The van der Waals surface area contributed by atoms with Crippen molar-refractivity contribution in [1.29, 1.82) is 0 Å². The lowest BCUT2D eigenvalue weighted by molar-refractivity contribution is 0.282. The minimum Gasteiger partial charge on any atom is -0.395 e. The van der Waals surface area contributed by atoms with Crippen LogP contribution in [-0.2, 0) is 13.2 Å². The first-order chi connectivity index (χ1) is 8.70. The second kappa shape index (κ2) is 5.51. The van der Waals surface area contributed by atoms with Gasteiger partial charge in [-0.05, 0) is 23.3 Å². The van der Waals surface area contributed by atoms with E-state index in [2.05, 4.69) is 5.32 Å². The van der Waals surface area contributed by atoms with Crippen LogP contribution in [0.5, 0.6) is 0 Å². The number of hydrogen-bond acceptors (Lipinski definition) is 3. The van der Waals surface area contributed by atoms with E-state index in [1.165, 1.54) is 6.07 Å². The molecule has 0 aromatic heterocycles. The zero-order valence-electron chi connectivity index (χ0n) is 9.86. The predicted molar refractivity (Wildman–Crippen MR) is 70.5 cm³/mol. The average Bonchev–Trinajstić information content (AvgIpc) is 2.41. The minimum atomic E-state index is -0.421. The third kappa shape index (κ3) is 2.78. The molecule has 0 amide bonds. The van der Waals surface area contributed by atoms with Gasteiger partial charge in [0.1, 0.15) is 5.82 Å². The number of nitrogens with one attached hydrogen (secondary N) is 1. The second-order valence-electron chi connectivity index (χ2n) is 4.03. The quantitative estimate of drug-likeness (QED) is 0.726. The fraction of sp³-hybridized carbons (Fsp3) is 0.143. The number of hydrogen-bond donors (Lipinski definition) is 3.